The highest BCUT2D eigenvalue weighted by Crippen LogP contribution is 2.20. The number of hydrogen-bond acceptors (Lipinski definition) is 6. The van der Waals surface area contributed by atoms with Crippen LogP contribution in [-0.4, -0.2) is 29.0 Å². The van der Waals surface area contributed by atoms with Crippen molar-refractivity contribution in [2.75, 3.05) is 5.32 Å². The lowest BCUT2D eigenvalue weighted by molar-refractivity contribution is -0.131. The Hall–Kier alpha value is -4.33. The summed E-state index contributed by atoms with van der Waals surface area (Å²) in [5, 5.41) is 15.0. The third kappa shape index (κ3) is 6.83. The SMILES string of the molecule is CC(=O)Oc1cccc(C(=O)NCc2ccccc2NC(=O)C(C)Oc2ccc(O)cc2)c1. The molecule has 33 heavy (non-hydrogen) atoms. The molecule has 0 spiro atoms. The van der Waals surface area contributed by atoms with Gasteiger partial charge in [0.1, 0.15) is 17.2 Å². The largest absolute Gasteiger partial charge is 0.508 e. The third-order valence-electron chi connectivity index (χ3n) is 4.59. The molecule has 0 aliphatic carbocycles. The monoisotopic (exact) mass is 448 g/mol. The molecule has 0 aliphatic rings. The molecule has 1 atom stereocenters. The Morgan fingerprint density at radius 1 is 0.939 bits per heavy atom. The van der Waals surface area contributed by atoms with Crippen LogP contribution >= 0.6 is 0 Å². The Morgan fingerprint density at radius 2 is 1.67 bits per heavy atom. The standard InChI is InChI=1S/C25H24N2O6/c1-16(32-21-12-10-20(29)11-13-21)24(30)27-23-9-4-3-6-19(23)15-26-25(31)18-7-5-8-22(14-18)33-17(2)28/h3-14,16,29H,15H2,1-2H3,(H,26,31)(H,27,30). The molecule has 0 saturated heterocycles. The van der Waals surface area contributed by atoms with Gasteiger partial charge < -0.3 is 25.2 Å². The molecule has 3 aromatic rings. The highest BCUT2D eigenvalue weighted by Gasteiger charge is 2.17. The van der Waals surface area contributed by atoms with Gasteiger partial charge in [0.05, 0.1) is 0 Å². The maximum atomic E-state index is 12.6. The van der Waals surface area contributed by atoms with Gasteiger partial charge in [0.15, 0.2) is 6.10 Å². The second kappa shape index (κ2) is 10.8. The van der Waals surface area contributed by atoms with Crippen molar-refractivity contribution in [1.82, 2.24) is 5.32 Å². The second-order valence-electron chi connectivity index (χ2n) is 7.20. The lowest BCUT2D eigenvalue weighted by Crippen LogP contribution is -2.31. The number of benzene rings is 3. The first-order chi connectivity index (χ1) is 15.8. The van der Waals surface area contributed by atoms with Gasteiger partial charge in [0.2, 0.25) is 0 Å². The van der Waals surface area contributed by atoms with Gasteiger partial charge in [-0.15, -0.1) is 0 Å². The Kier molecular flexibility index (Phi) is 7.64. The fourth-order valence-electron chi connectivity index (χ4n) is 2.96. The van der Waals surface area contributed by atoms with Gasteiger partial charge in [-0.05, 0) is 61.0 Å². The number of rotatable bonds is 8. The molecule has 2 amide bonds. The van der Waals surface area contributed by atoms with E-state index in [1.54, 1.807) is 61.5 Å². The topological polar surface area (TPSA) is 114 Å². The lowest BCUT2D eigenvalue weighted by Gasteiger charge is -2.17. The minimum atomic E-state index is -0.791. The maximum Gasteiger partial charge on any atom is 0.308 e. The van der Waals surface area contributed by atoms with Crippen LogP contribution in [0.1, 0.15) is 29.8 Å². The quantitative estimate of drug-likeness (QED) is 0.358. The molecule has 3 rings (SSSR count). The second-order valence-corrected chi connectivity index (χ2v) is 7.20. The molecule has 0 fully saturated rings. The number of carbonyl (C=O) groups excluding carboxylic acids is 3. The first-order valence-corrected chi connectivity index (χ1v) is 10.2. The van der Waals surface area contributed by atoms with Gasteiger partial charge in [-0.2, -0.15) is 0 Å². The molecule has 0 radical (unpaired) electrons. The summed E-state index contributed by atoms with van der Waals surface area (Å²) >= 11 is 0. The van der Waals surface area contributed by atoms with E-state index >= 15 is 0 Å². The summed E-state index contributed by atoms with van der Waals surface area (Å²) in [6.45, 7) is 3.07. The normalized spacial score (nSPS) is 11.2. The zero-order valence-electron chi connectivity index (χ0n) is 18.2. The first kappa shape index (κ1) is 23.3. The van der Waals surface area contributed by atoms with E-state index in [0.29, 0.717) is 22.6 Å². The van der Waals surface area contributed by atoms with Crippen LogP contribution in [0.3, 0.4) is 0 Å². The molecule has 3 aromatic carbocycles. The maximum absolute atomic E-state index is 12.6. The van der Waals surface area contributed by atoms with E-state index in [1.807, 2.05) is 0 Å². The molecule has 3 N–H and O–H groups in total. The Bertz CT molecular complexity index is 1140. The van der Waals surface area contributed by atoms with Gasteiger partial charge in [0, 0.05) is 24.7 Å². The van der Waals surface area contributed by atoms with Crippen molar-refractivity contribution in [1.29, 1.82) is 0 Å². The van der Waals surface area contributed by atoms with Crippen molar-refractivity contribution in [3.8, 4) is 17.2 Å². The molecular formula is C25H24N2O6. The van der Waals surface area contributed by atoms with E-state index in [1.165, 1.54) is 25.1 Å². The van der Waals surface area contributed by atoms with E-state index in [2.05, 4.69) is 10.6 Å². The predicted octanol–water partition coefficient (Wildman–Crippen LogP) is 3.65. The number of phenolic OH excluding ortho intramolecular Hbond substituents is 1. The molecular weight excluding hydrogens is 424 g/mol. The number of carbonyl (C=O) groups is 3. The molecule has 0 bridgehead atoms. The number of phenols is 1. The number of nitrogens with one attached hydrogen (secondary N) is 2. The molecule has 8 heteroatoms. The number of ether oxygens (including phenoxy) is 2. The first-order valence-electron chi connectivity index (χ1n) is 10.2. The van der Waals surface area contributed by atoms with Gasteiger partial charge in [0.25, 0.3) is 11.8 Å². The molecule has 0 saturated carbocycles. The Morgan fingerprint density at radius 3 is 2.39 bits per heavy atom. The summed E-state index contributed by atoms with van der Waals surface area (Å²) < 4.78 is 10.6. The smallest absolute Gasteiger partial charge is 0.308 e. The third-order valence-corrected chi connectivity index (χ3v) is 4.59. The van der Waals surface area contributed by atoms with Gasteiger partial charge >= 0.3 is 5.97 Å². The van der Waals surface area contributed by atoms with Crippen LogP contribution in [0, 0.1) is 0 Å². The summed E-state index contributed by atoms with van der Waals surface area (Å²) in [7, 11) is 0. The average Bonchev–Trinajstić information content (AvgIpc) is 2.79. The Balaban J connectivity index is 1.62. The van der Waals surface area contributed by atoms with Crippen LogP contribution in [0.15, 0.2) is 72.8 Å². The van der Waals surface area contributed by atoms with E-state index in [4.69, 9.17) is 9.47 Å². The van der Waals surface area contributed by atoms with Crippen molar-refractivity contribution in [3.05, 3.63) is 83.9 Å². The highest BCUT2D eigenvalue weighted by molar-refractivity contribution is 5.96. The van der Waals surface area contributed by atoms with Gasteiger partial charge in [-0.25, -0.2) is 0 Å². The molecule has 0 heterocycles. The Labute approximate surface area is 191 Å². The van der Waals surface area contributed by atoms with E-state index in [9.17, 15) is 19.5 Å². The van der Waals surface area contributed by atoms with Crippen LogP contribution in [0.2, 0.25) is 0 Å². The minimum absolute atomic E-state index is 0.105. The van der Waals surface area contributed by atoms with Crippen LogP contribution < -0.4 is 20.1 Å². The summed E-state index contributed by atoms with van der Waals surface area (Å²) in [4.78, 5) is 36.3. The molecule has 1 unspecified atom stereocenters. The number of aromatic hydroxyl groups is 1. The molecule has 8 nitrogen and oxygen atoms in total. The van der Waals surface area contributed by atoms with Crippen molar-refractivity contribution >= 4 is 23.5 Å². The van der Waals surface area contributed by atoms with Crippen molar-refractivity contribution in [2.24, 2.45) is 0 Å². The minimum Gasteiger partial charge on any atom is -0.508 e. The lowest BCUT2D eigenvalue weighted by atomic mass is 10.1. The molecule has 0 aromatic heterocycles. The van der Waals surface area contributed by atoms with Crippen LogP contribution in [0.4, 0.5) is 5.69 Å². The molecule has 0 aliphatic heterocycles. The fraction of sp³-hybridized carbons (Fsp3) is 0.160. The summed E-state index contributed by atoms with van der Waals surface area (Å²) in [5.41, 5.74) is 1.58. The fourth-order valence-corrected chi connectivity index (χ4v) is 2.96. The summed E-state index contributed by atoms with van der Waals surface area (Å²) in [6.07, 6.45) is -0.791. The number of para-hydroxylation sites is 1. The molecule has 170 valence electrons. The van der Waals surface area contributed by atoms with Gasteiger partial charge in [-0.1, -0.05) is 24.3 Å². The number of anilines is 1. The van der Waals surface area contributed by atoms with E-state index in [0.717, 1.165) is 0 Å². The van der Waals surface area contributed by atoms with Crippen LogP contribution in [0.5, 0.6) is 17.2 Å². The zero-order valence-corrected chi connectivity index (χ0v) is 18.2. The van der Waals surface area contributed by atoms with E-state index in [-0.39, 0.29) is 29.9 Å². The summed E-state index contributed by atoms with van der Waals surface area (Å²) in [5.74, 6) is -0.350. The number of amides is 2. The van der Waals surface area contributed by atoms with Crippen molar-refractivity contribution in [3.63, 3.8) is 0 Å². The van der Waals surface area contributed by atoms with Crippen LogP contribution in [-0.2, 0) is 16.1 Å². The number of hydrogen-bond donors (Lipinski definition) is 3. The van der Waals surface area contributed by atoms with E-state index < -0.39 is 12.1 Å². The average molecular weight is 448 g/mol. The van der Waals surface area contributed by atoms with Crippen molar-refractivity contribution < 1.29 is 29.0 Å². The van der Waals surface area contributed by atoms with Gasteiger partial charge in [-0.3, -0.25) is 14.4 Å². The zero-order chi connectivity index (χ0) is 23.8. The highest BCUT2D eigenvalue weighted by atomic mass is 16.5. The van der Waals surface area contributed by atoms with Crippen LogP contribution in [0.25, 0.3) is 0 Å². The predicted molar refractivity (Wildman–Crippen MR) is 122 cm³/mol. The van der Waals surface area contributed by atoms with Crippen molar-refractivity contribution in [2.45, 2.75) is 26.5 Å². The summed E-state index contributed by atoms with van der Waals surface area (Å²) in [6, 6.07) is 19.5. The number of esters is 1.